The van der Waals surface area contributed by atoms with E-state index in [1.54, 1.807) is 0 Å². The second-order valence-corrected chi connectivity index (χ2v) is 3.67. The fourth-order valence-electron chi connectivity index (χ4n) is 1.38. The average Bonchev–Trinajstić information content (AvgIpc) is 2.34. The van der Waals surface area contributed by atoms with Crippen molar-refractivity contribution in [2.75, 3.05) is 18.4 Å². The van der Waals surface area contributed by atoms with Gasteiger partial charge in [0.2, 0.25) is 5.91 Å². The second kappa shape index (κ2) is 6.58. The number of carbonyl (C=O) groups excluding carboxylic acids is 1. The molecular weight excluding hydrogens is 239 g/mol. The fraction of sp³-hybridized carbons (Fsp3) is 0.333. The normalized spacial score (nSPS) is 9.89. The molecule has 0 heterocycles. The Hall–Kier alpha value is -2.11. The largest absolute Gasteiger partial charge is 0.478 e. The third-order valence-electron chi connectivity index (χ3n) is 2.24. The van der Waals surface area contributed by atoms with E-state index in [4.69, 9.17) is 5.11 Å². The molecular formula is C12H15FN2O3. The van der Waals surface area contributed by atoms with Crippen LogP contribution in [0.5, 0.6) is 0 Å². The Labute approximate surface area is 104 Å². The molecule has 0 aliphatic carbocycles. The van der Waals surface area contributed by atoms with Gasteiger partial charge >= 0.3 is 5.97 Å². The molecule has 0 aliphatic rings. The van der Waals surface area contributed by atoms with Crippen molar-refractivity contribution >= 4 is 17.6 Å². The van der Waals surface area contributed by atoms with Crippen molar-refractivity contribution < 1.29 is 19.1 Å². The van der Waals surface area contributed by atoms with Crippen LogP contribution in [-0.2, 0) is 4.79 Å². The number of nitrogens with one attached hydrogen (secondary N) is 2. The first-order valence-corrected chi connectivity index (χ1v) is 5.58. The third kappa shape index (κ3) is 3.73. The van der Waals surface area contributed by atoms with Crippen molar-refractivity contribution in [2.45, 2.75) is 13.3 Å². The number of hydrogen-bond donors (Lipinski definition) is 3. The zero-order chi connectivity index (χ0) is 13.5. The molecule has 1 rings (SSSR count). The number of para-hydroxylation sites is 1. The number of carboxylic acid groups (broad SMARTS) is 1. The molecule has 0 radical (unpaired) electrons. The van der Waals surface area contributed by atoms with E-state index in [2.05, 4.69) is 10.6 Å². The maximum absolute atomic E-state index is 13.5. The number of rotatable bonds is 6. The maximum atomic E-state index is 13.5. The summed E-state index contributed by atoms with van der Waals surface area (Å²) in [6, 6.07) is 3.72. The average molecular weight is 254 g/mol. The summed E-state index contributed by atoms with van der Waals surface area (Å²) in [6.45, 7) is 2.28. The molecule has 0 spiro atoms. The van der Waals surface area contributed by atoms with Gasteiger partial charge in [0, 0.05) is 6.54 Å². The van der Waals surface area contributed by atoms with E-state index in [1.807, 2.05) is 6.92 Å². The molecule has 0 saturated heterocycles. The van der Waals surface area contributed by atoms with Crippen molar-refractivity contribution in [2.24, 2.45) is 0 Å². The van der Waals surface area contributed by atoms with E-state index in [0.29, 0.717) is 6.54 Å². The van der Waals surface area contributed by atoms with Gasteiger partial charge in [0.05, 0.1) is 17.8 Å². The van der Waals surface area contributed by atoms with Crippen LogP contribution in [0.4, 0.5) is 10.1 Å². The van der Waals surface area contributed by atoms with Gasteiger partial charge in [0.25, 0.3) is 0 Å². The summed E-state index contributed by atoms with van der Waals surface area (Å²) < 4.78 is 13.5. The molecule has 0 atom stereocenters. The molecule has 18 heavy (non-hydrogen) atoms. The van der Waals surface area contributed by atoms with Gasteiger partial charge in [-0.15, -0.1) is 0 Å². The Bertz CT molecular complexity index is 449. The van der Waals surface area contributed by atoms with Gasteiger partial charge in [-0.25, -0.2) is 9.18 Å². The number of carboxylic acids is 1. The van der Waals surface area contributed by atoms with Crippen LogP contribution >= 0.6 is 0 Å². The lowest BCUT2D eigenvalue weighted by atomic mass is 10.1. The summed E-state index contributed by atoms with van der Waals surface area (Å²) in [5.74, 6) is -2.25. The minimum Gasteiger partial charge on any atom is -0.478 e. The first-order valence-electron chi connectivity index (χ1n) is 5.58. The lowest BCUT2D eigenvalue weighted by Crippen LogP contribution is -2.30. The maximum Gasteiger partial charge on any atom is 0.337 e. The molecule has 3 N–H and O–H groups in total. The highest BCUT2D eigenvalue weighted by molar-refractivity contribution is 5.95. The summed E-state index contributed by atoms with van der Waals surface area (Å²) >= 11 is 0. The molecule has 1 aromatic carbocycles. The van der Waals surface area contributed by atoms with Gasteiger partial charge in [-0.3, -0.25) is 4.79 Å². The Morgan fingerprint density at radius 3 is 2.72 bits per heavy atom. The molecule has 5 nitrogen and oxygen atoms in total. The van der Waals surface area contributed by atoms with Gasteiger partial charge in [-0.05, 0) is 18.6 Å². The van der Waals surface area contributed by atoms with Crippen LogP contribution in [0, 0.1) is 5.82 Å². The highest BCUT2D eigenvalue weighted by Gasteiger charge is 2.14. The number of carbonyl (C=O) groups is 2. The van der Waals surface area contributed by atoms with Gasteiger partial charge in [0.15, 0.2) is 0 Å². The van der Waals surface area contributed by atoms with Crippen molar-refractivity contribution in [1.82, 2.24) is 5.32 Å². The highest BCUT2D eigenvalue weighted by atomic mass is 19.1. The number of anilines is 1. The van der Waals surface area contributed by atoms with E-state index >= 15 is 0 Å². The Morgan fingerprint density at radius 2 is 2.11 bits per heavy atom. The van der Waals surface area contributed by atoms with Gasteiger partial charge < -0.3 is 15.7 Å². The summed E-state index contributed by atoms with van der Waals surface area (Å²) in [7, 11) is 0. The first kappa shape index (κ1) is 14.0. The van der Waals surface area contributed by atoms with Crippen LogP contribution in [0.25, 0.3) is 0 Å². The van der Waals surface area contributed by atoms with E-state index in [0.717, 1.165) is 12.5 Å². The number of hydrogen-bond acceptors (Lipinski definition) is 3. The minimum absolute atomic E-state index is 0.165. The summed E-state index contributed by atoms with van der Waals surface area (Å²) in [4.78, 5) is 22.2. The first-order chi connectivity index (χ1) is 8.56. The van der Waals surface area contributed by atoms with Gasteiger partial charge in [-0.1, -0.05) is 13.0 Å². The molecule has 0 fully saturated rings. The predicted molar refractivity (Wildman–Crippen MR) is 65.1 cm³/mol. The van der Waals surface area contributed by atoms with Gasteiger partial charge in [0.1, 0.15) is 5.82 Å². The monoisotopic (exact) mass is 254 g/mol. The fourth-order valence-corrected chi connectivity index (χ4v) is 1.38. The third-order valence-corrected chi connectivity index (χ3v) is 2.24. The SMILES string of the molecule is CCCNC(=O)CNc1c(F)cccc1C(=O)O. The zero-order valence-electron chi connectivity index (χ0n) is 10.00. The summed E-state index contributed by atoms with van der Waals surface area (Å²) in [5.41, 5.74) is -0.366. The number of aromatic carboxylic acids is 1. The van der Waals surface area contributed by atoms with E-state index in [9.17, 15) is 14.0 Å². The molecule has 0 bridgehead atoms. The van der Waals surface area contributed by atoms with Crippen molar-refractivity contribution in [3.8, 4) is 0 Å². The molecule has 6 heteroatoms. The standard InChI is InChI=1S/C12H15FN2O3/c1-2-6-14-10(16)7-15-11-8(12(17)18)4-3-5-9(11)13/h3-5,15H,2,6-7H2,1H3,(H,14,16)(H,17,18). The lowest BCUT2D eigenvalue weighted by Gasteiger charge is -2.10. The van der Waals surface area contributed by atoms with Crippen LogP contribution in [0.1, 0.15) is 23.7 Å². The minimum atomic E-state index is -1.24. The second-order valence-electron chi connectivity index (χ2n) is 3.67. The summed E-state index contributed by atoms with van der Waals surface area (Å²) in [6.07, 6.45) is 0.797. The van der Waals surface area contributed by atoms with Crippen LogP contribution in [0.15, 0.2) is 18.2 Å². The Balaban J connectivity index is 2.72. The number of benzene rings is 1. The van der Waals surface area contributed by atoms with Crippen molar-refractivity contribution in [3.63, 3.8) is 0 Å². The molecule has 1 aromatic rings. The molecule has 1 amide bonds. The van der Waals surface area contributed by atoms with Crippen molar-refractivity contribution in [3.05, 3.63) is 29.6 Å². The summed E-state index contributed by atoms with van der Waals surface area (Å²) in [5, 5.41) is 14.0. The Morgan fingerprint density at radius 1 is 1.39 bits per heavy atom. The zero-order valence-corrected chi connectivity index (χ0v) is 10.00. The van der Waals surface area contributed by atoms with Crippen LogP contribution in [-0.4, -0.2) is 30.1 Å². The number of halogens is 1. The molecule has 0 aliphatic heterocycles. The topological polar surface area (TPSA) is 78.4 Å². The molecule has 0 unspecified atom stereocenters. The highest BCUT2D eigenvalue weighted by Crippen LogP contribution is 2.19. The Kier molecular flexibility index (Phi) is 5.10. The lowest BCUT2D eigenvalue weighted by molar-refractivity contribution is -0.119. The van der Waals surface area contributed by atoms with E-state index in [-0.39, 0.29) is 23.7 Å². The van der Waals surface area contributed by atoms with Crippen molar-refractivity contribution in [1.29, 1.82) is 0 Å². The van der Waals surface area contributed by atoms with Crippen LogP contribution in [0.2, 0.25) is 0 Å². The quantitative estimate of drug-likeness (QED) is 0.718. The van der Waals surface area contributed by atoms with E-state index in [1.165, 1.54) is 12.1 Å². The predicted octanol–water partition coefficient (Wildman–Crippen LogP) is 1.46. The smallest absolute Gasteiger partial charge is 0.337 e. The molecule has 98 valence electrons. The van der Waals surface area contributed by atoms with E-state index < -0.39 is 11.8 Å². The van der Waals surface area contributed by atoms with Crippen LogP contribution < -0.4 is 10.6 Å². The molecule has 0 aromatic heterocycles. The number of amides is 1. The van der Waals surface area contributed by atoms with Crippen LogP contribution in [0.3, 0.4) is 0 Å². The molecule has 0 saturated carbocycles. The van der Waals surface area contributed by atoms with Gasteiger partial charge in [-0.2, -0.15) is 0 Å².